The Balaban J connectivity index is 1.37. The summed E-state index contributed by atoms with van der Waals surface area (Å²) in [5.41, 5.74) is 5.40. The molecule has 156 valence electrons. The van der Waals surface area contributed by atoms with Gasteiger partial charge in [0.05, 0.1) is 12.1 Å². The quantitative estimate of drug-likeness (QED) is 0.337. The van der Waals surface area contributed by atoms with Gasteiger partial charge in [-0.25, -0.2) is 4.98 Å². The maximum Gasteiger partial charge on any atom is 0.309 e. The molecule has 4 aromatic rings. The summed E-state index contributed by atoms with van der Waals surface area (Å²) in [6.07, 6.45) is -0.163. The second-order valence-electron chi connectivity index (χ2n) is 6.78. The summed E-state index contributed by atoms with van der Waals surface area (Å²) in [6, 6.07) is 17.6. The van der Waals surface area contributed by atoms with E-state index in [4.69, 9.17) is 5.11 Å². The van der Waals surface area contributed by atoms with Crippen LogP contribution in [-0.2, 0) is 17.8 Å². The van der Waals surface area contributed by atoms with Crippen LogP contribution in [0, 0.1) is 0 Å². The highest BCUT2D eigenvalue weighted by atomic mass is 32.1. The number of aliphatic carboxylic acids is 1. The third kappa shape index (κ3) is 5.36. The van der Waals surface area contributed by atoms with Gasteiger partial charge in [0, 0.05) is 28.7 Å². The summed E-state index contributed by atoms with van der Waals surface area (Å²) in [7, 11) is 0. The van der Waals surface area contributed by atoms with Crippen molar-refractivity contribution in [2.24, 2.45) is 0 Å². The van der Waals surface area contributed by atoms with Gasteiger partial charge in [-0.15, -0.1) is 11.3 Å². The first-order chi connectivity index (χ1) is 15.1. The second-order valence-corrected chi connectivity index (χ2v) is 8.41. The average molecular weight is 450 g/mol. The molecule has 6 nitrogen and oxygen atoms in total. The minimum Gasteiger partial charge on any atom is -0.481 e. The molecule has 8 heteroatoms. The monoisotopic (exact) mass is 449 g/mol. The first kappa shape index (κ1) is 20.8. The van der Waals surface area contributed by atoms with Gasteiger partial charge < -0.3 is 10.4 Å². The minimum atomic E-state index is -0.953. The Hall–Kier alpha value is -3.49. The van der Waals surface area contributed by atoms with E-state index >= 15 is 0 Å². The van der Waals surface area contributed by atoms with Gasteiger partial charge in [-0.05, 0) is 46.2 Å². The van der Waals surface area contributed by atoms with Crippen molar-refractivity contribution in [2.45, 2.75) is 13.0 Å². The van der Waals surface area contributed by atoms with Crippen LogP contribution in [0.25, 0.3) is 11.1 Å². The number of anilines is 2. The number of para-hydroxylation sites is 1. The highest BCUT2D eigenvalue weighted by molar-refractivity contribution is 7.14. The van der Waals surface area contributed by atoms with Crippen molar-refractivity contribution in [3.8, 4) is 11.1 Å². The molecule has 0 aliphatic carbocycles. The molecule has 0 aliphatic heterocycles. The van der Waals surface area contributed by atoms with E-state index in [0.717, 1.165) is 16.8 Å². The number of aromatic nitrogens is 1. The first-order valence-corrected chi connectivity index (χ1v) is 11.3. The van der Waals surface area contributed by atoms with Crippen LogP contribution in [0.3, 0.4) is 0 Å². The van der Waals surface area contributed by atoms with E-state index in [-0.39, 0.29) is 12.3 Å². The van der Waals surface area contributed by atoms with Gasteiger partial charge in [0.1, 0.15) is 0 Å². The van der Waals surface area contributed by atoms with Gasteiger partial charge in [0.25, 0.3) is 5.91 Å². The van der Waals surface area contributed by atoms with E-state index in [0.29, 0.717) is 22.9 Å². The van der Waals surface area contributed by atoms with Crippen LogP contribution in [0.1, 0.15) is 21.6 Å². The molecule has 0 saturated heterocycles. The minimum absolute atomic E-state index is 0.163. The topological polar surface area (TPSA) is 91.3 Å². The molecule has 0 bridgehead atoms. The molecule has 2 aromatic heterocycles. The van der Waals surface area contributed by atoms with E-state index in [1.54, 1.807) is 28.8 Å². The Kier molecular flexibility index (Phi) is 6.40. The average Bonchev–Trinajstić information content (AvgIpc) is 3.45. The van der Waals surface area contributed by atoms with Gasteiger partial charge in [0.2, 0.25) is 0 Å². The second kappa shape index (κ2) is 9.55. The predicted octanol–water partition coefficient (Wildman–Crippen LogP) is 5.36. The molecule has 0 radical (unpaired) electrons. The Bertz CT molecular complexity index is 1190. The summed E-state index contributed by atoms with van der Waals surface area (Å²) in [5, 5.41) is 21.2. The zero-order valence-electron chi connectivity index (χ0n) is 16.4. The van der Waals surface area contributed by atoms with Crippen molar-refractivity contribution < 1.29 is 14.7 Å². The molecule has 0 spiro atoms. The smallest absolute Gasteiger partial charge is 0.309 e. The van der Waals surface area contributed by atoms with Gasteiger partial charge in [-0.1, -0.05) is 30.3 Å². The molecule has 31 heavy (non-hydrogen) atoms. The van der Waals surface area contributed by atoms with Crippen LogP contribution in [0.5, 0.6) is 0 Å². The van der Waals surface area contributed by atoms with Crippen molar-refractivity contribution in [1.29, 1.82) is 0 Å². The fourth-order valence-electron chi connectivity index (χ4n) is 3.05. The predicted molar refractivity (Wildman–Crippen MR) is 125 cm³/mol. The fraction of sp³-hybridized carbons (Fsp3) is 0.0870. The Morgan fingerprint density at radius 1 is 1.00 bits per heavy atom. The number of hydrogen-bond donors (Lipinski definition) is 3. The van der Waals surface area contributed by atoms with Crippen LogP contribution in [0.15, 0.2) is 70.7 Å². The maximum absolute atomic E-state index is 12.4. The Morgan fingerprint density at radius 2 is 1.81 bits per heavy atom. The van der Waals surface area contributed by atoms with Crippen LogP contribution in [0.4, 0.5) is 10.8 Å². The van der Waals surface area contributed by atoms with Gasteiger partial charge in [0.15, 0.2) is 5.13 Å². The zero-order chi connectivity index (χ0) is 21.6. The van der Waals surface area contributed by atoms with E-state index in [1.165, 1.54) is 16.9 Å². The molecule has 0 fully saturated rings. The van der Waals surface area contributed by atoms with Gasteiger partial charge >= 0.3 is 5.97 Å². The Morgan fingerprint density at radius 3 is 2.55 bits per heavy atom. The molecule has 0 unspecified atom stereocenters. The zero-order valence-corrected chi connectivity index (χ0v) is 18.0. The van der Waals surface area contributed by atoms with Crippen molar-refractivity contribution in [1.82, 2.24) is 4.98 Å². The number of benzene rings is 2. The van der Waals surface area contributed by atoms with E-state index < -0.39 is 5.97 Å². The largest absolute Gasteiger partial charge is 0.481 e. The lowest BCUT2D eigenvalue weighted by Gasteiger charge is -2.11. The first-order valence-electron chi connectivity index (χ1n) is 9.50. The van der Waals surface area contributed by atoms with E-state index in [1.807, 2.05) is 24.3 Å². The van der Waals surface area contributed by atoms with Crippen molar-refractivity contribution in [3.05, 3.63) is 87.6 Å². The number of carbonyl (C=O) groups excluding carboxylic acids is 1. The lowest BCUT2D eigenvalue weighted by Crippen LogP contribution is -2.12. The molecular weight excluding hydrogens is 430 g/mol. The van der Waals surface area contributed by atoms with Crippen LogP contribution < -0.4 is 10.6 Å². The number of carboxylic acid groups (broad SMARTS) is 1. The summed E-state index contributed by atoms with van der Waals surface area (Å²) in [4.78, 5) is 27.3. The molecular formula is C23H19N3O3S2. The summed E-state index contributed by atoms with van der Waals surface area (Å²) >= 11 is 2.88. The summed E-state index contributed by atoms with van der Waals surface area (Å²) in [6.45, 7) is 0.633. The molecule has 1 amide bonds. The van der Waals surface area contributed by atoms with Crippen molar-refractivity contribution in [3.63, 3.8) is 0 Å². The highest BCUT2D eigenvalue weighted by Crippen LogP contribution is 2.29. The molecule has 0 atom stereocenters. The van der Waals surface area contributed by atoms with Crippen LogP contribution in [-0.4, -0.2) is 22.0 Å². The number of thiazole rings is 1. The lowest BCUT2D eigenvalue weighted by atomic mass is 10.1. The molecule has 2 heterocycles. The molecule has 0 aliphatic rings. The number of amides is 1. The van der Waals surface area contributed by atoms with Gasteiger partial charge in [-0.3, -0.25) is 14.9 Å². The normalized spacial score (nSPS) is 10.6. The molecule has 3 N–H and O–H groups in total. The van der Waals surface area contributed by atoms with Crippen LogP contribution in [0.2, 0.25) is 0 Å². The summed E-state index contributed by atoms with van der Waals surface area (Å²) in [5.74, 6) is -1.23. The number of rotatable bonds is 8. The third-order valence-corrected chi connectivity index (χ3v) is 6.05. The molecule has 2 aromatic carbocycles. The molecule has 4 rings (SSSR count). The number of nitrogens with one attached hydrogen (secondary N) is 2. The third-order valence-electron chi connectivity index (χ3n) is 4.56. The van der Waals surface area contributed by atoms with Crippen LogP contribution >= 0.6 is 22.7 Å². The van der Waals surface area contributed by atoms with Gasteiger partial charge in [-0.2, -0.15) is 11.3 Å². The number of nitrogens with zero attached hydrogens (tertiary/aromatic N) is 1. The molecule has 0 saturated carbocycles. The van der Waals surface area contributed by atoms with E-state index in [9.17, 15) is 9.59 Å². The SMILES string of the molecule is O=C(O)Cc1csc(NC(=O)c2ccc(CNc3ccccc3-c3ccsc3)cc2)n1. The lowest BCUT2D eigenvalue weighted by molar-refractivity contribution is -0.136. The highest BCUT2D eigenvalue weighted by Gasteiger charge is 2.11. The summed E-state index contributed by atoms with van der Waals surface area (Å²) < 4.78 is 0. The standard InChI is InChI=1S/C23H19N3O3S2/c27-21(28)11-18-14-31-23(25-18)26-22(29)16-7-5-15(6-8-16)12-24-20-4-2-1-3-19(20)17-9-10-30-13-17/h1-10,13-14,24H,11-12H2,(H,27,28)(H,25,26,29). The number of hydrogen-bond acceptors (Lipinski definition) is 6. The Labute approximate surface area is 187 Å². The van der Waals surface area contributed by atoms with E-state index in [2.05, 4.69) is 44.6 Å². The number of thiophene rings is 1. The fourth-order valence-corrected chi connectivity index (χ4v) is 4.41. The van der Waals surface area contributed by atoms with Crippen molar-refractivity contribution >= 4 is 45.4 Å². The number of carboxylic acids is 1. The maximum atomic E-state index is 12.4. The number of carbonyl (C=O) groups is 2. The van der Waals surface area contributed by atoms with Crippen molar-refractivity contribution in [2.75, 3.05) is 10.6 Å².